The number of fused-ring (bicyclic) bond motifs is 1. The third-order valence-corrected chi connectivity index (χ3v) is 7.64. The van der Waals surface area contributed by atoms with Gasteiger partial charge in [-0.2, -0.15) is 0 Å². The number of amides is 1. The Kier molecular flexibility index (Phi) is 7.15. The summed E-state index contributed by atoms with van der Waals surface area (Å²) in [5, 5.41) is 0. The maximum atomic E-state index is 12.2. The molecule has 1 saturated heterocycles. The average Bonchev–Trinajstić information content (AvgIpc) is 3.26. The molecule has 0 spiro atoms. The van der Waals surface area contributed by atoms with E-state index in [0.29, 0.717) is 55.5 Å². The van der Waals surface area contributed by atoms with E-state index in [1.807, 2.05) is 4.90 Å². The van der Waals surface area contributed by atoms with Gasteiger partial charge in [0, 0.05) is 44.2 Å². The van der Waals surface area contributed by atoms with Crippen LogP contribution in [0.4, 0.5) is 25.1 Å². The SMILES string of the molecule is CCS(=O)(=O)c1ccc2c(c1)CCN2c1cc(OC2CCN(C(=O)OCC(F)F)CC2)ncn1. The monoisotopic (exact) mass is 496 g/mol. The Labute approximate surface area is 196 Å². The fourth-order valence-electron chi connectivity index (χ4n) is 4.07. The van der Waals surface area contributed by atoms with Crippen molar-refractivity contribution < 1.29 is 31.5 Å². The minimum absolute atomic E-state index is 0.0535. The topological polar surface area (TPSA) is 102 Å². The Morgan fingerprint density at radius 3 is 2.65 bits per heavy atom. The van der Waals surface area contributed by atoms with Gasteiger partial charge in [0.15, 0.2) is 16.4 Å². The lowest BCUT2D eigenvalue weighted by molar-refractivity contribution is 0.0216. The number of rotatable bonds is 7. The highest BCUT2D eigenvalue weighted by molar-refractivity contribution is 7.91. The second-order valence-corrected chi connectivity index (χ2v) is 10.4. The standard InChI is InChI=1S/C22H26F2N4O5S/c1-2-34(30,31)17-3-4-18-15(11-17)5-10-28(18)20-12-21(26-14-25-20)33-16-6-8-27(9-7-16)22(29)32-13-19(23)24/h3-4,11-12,14,16,19H,2,5-10,13H2,1H3. The van der Waals surface area contributed by atoms with Crippen LogP contribution in [0, 0.1) is 0 Å². The summed E-state index contributed by atoms with van der Waals surface area (Å²) in [6, 6.07) is 6.88. The van der Waals surface area contributed by atoms with Crippen molar-refractivity contribution in [3.63, 3.8) is 0 Å². The van der Waals surface area contributed by atoms with E-state index in [0.717, 1.165) is 11.3 Å². The zero-order valence-electron chi connectivity index (χ0n) is 18.7. The number of ether oxygens (including phenoxy) is 2. The van der Waals surface area contributed by atoms with E-state index >= 15 is 0 Å². The van der Waals surface area contributed by atoms with Crippen molar-refractivity contribution in [3.8, 4) is 5.88 Å². The smallest absolute Gasteiger partial charge is 0.409 e. The van der Waals surface area contributed by atoms with Crippen LogP contribution in [0.2, 0.25) is 0 Å². The summed E-state index contributed by atoms with van der Waals surface area (Å²) >= 11 is 0. The highest BCUT2D eigenvalue weighted by Crippen LogP contribution is 2.36. The molecule has 1 aromatic carbocycles. The van der Waals surface area contributed by atoms with E-state index in [1.54, 1.807) is 31.2 Å². The molecule has 3 heterocycles. The minimum atomic E-state index is -3.27. The first-order chi connectivity index (χ1) is 16.3. The predicted octanol–water partition coefficient (Wildman–Crippen LogP) is 3.21. The van der Waals surface area contributed by atoms with Crippen LogP contribution in [0.25, 0.3) is 0 Å². The van der Waals surface area contributed by atoms with Gasteiger partial charge in [0.2, 0.25) is 5.88 Å². The maximum Gasteiger partial charge on any atom is 0.409 e. The van der Waals surface area contributed by atoms with Gasteiger partial charge >= 0.3 is 6.09 Å². The van der Waals surface area contributed by atoms with E-state index in [1.165, 1.54) is 11.2 Å². The highest BCUT2D eigenvalue weighted by Gasteiger charge is 2.27. The summed E-state index contributed by atoms with van der Waals surface area (Å²) in [5.74, 6) is 1.09. The van der Waals surface area contributed by atoms with E-state index in [9.17, 15) is 22.0 Å². The van der Waals surface area contributed by atoms with E-state index in [2.05, 4.69) is 14.7 Å². The van der Waals surface area contributed by atoms with Gasteiger partial charge in [-0.3, -0.25) is 0 Å². The normalized spacial score (nSPS) is 16.6. The lowest BCUT2D eigenvalue weighted by atomic mass is 10.1. The Morgan fingerprint density at radius 2 is 1.94 bits per heavy atom. The van der Waals surface area contributed by atoms with Crippen molar-refractivity contribution in [1.29, 1.82) is 0 Å². The lowest BCUT2D eigenvalue weighted by Gasteiger charge is -2.31. The van der Waals surface area contributed by atoms with Crippen LogP contribution >= 0.6 is 0 Å². The number of hydrogen-bond acceptors (Lipinski definition) is 8. The number of halogens is 2. The average molecular weight is 497 g/mol. The van der Waals surface area contributed by atoms with Gasteiger partial charge in [0.1, 0.15) is 18.2 Å². The van der Waals surface area contributed by atoms with E-state index in [4.69, 9.17) is 4.74 Å². The molecule has 0 saturated carbocycles. The summed E-state index contributed by atoms with van der Waals surface area (Å²) in [4.78, 5) is 24.1. The number of aromatic nitrogens is 2. The fourth-order valence-corrected chi connectivity index (χ4v) is 5.00. The third kappa shape index (κ3) is 5.37. The van der Waals surface area contributed by atoms with Gasteiger partial charge in [-0.15, -0.1) is 0 Å². The molecule has 184 valence electrons. The largest absolute Gasteiger partial charge is 0.474 e. The molecule has 4 rings (SSSR count). The first-order valence-corrected chi connectivity index (χ1v) is 12.7. The Bertz CT molecular complexity index is 1140. The highest BCUT2D eigenvalue weighted by atomic mass is 32.2. The zero-order chi connectivity index (χ0) is 24.3. The summed E-state index contributed by atoms with van der Waals surface area (Å²) < 4.78 is 59.4. The molecule has 0 atom stereocenters. The van der Waals surface area contributed by atoms with Crippen LogP contribution in [0.3, 0.4) is 0 Å². The molecule has 0 aliphatic carbocycles. The van der Waals surface area contributed by atoms with Crippen LogP contribution in [0.15, 0.2) is 35.5 Å². The van der Waals surface area contributed by atoms with Crippen molar-refractivity contribution in [1.82, 2.24) is 14.9 Å². The molecular weight excluding hydrogens is 470 g/mol. The zero-order valence-corrected chi connectivity index (χ0v) is 19.5. The molecule has 0 radical (unpaired) electrons. The van der Waals surface area contributed by atoms with Crippen molar-refractivity contribution in [3.05, 3.63) is 36.2 Å². The molecule has 2 aromatic rings. The Morgan fingerprint density at radius 1 is 1.18 bits per heavy atom. The molecule has 2 aliphatic rings. The number of nitrogens with zero attached hydrogens (tertiary/aromatic N) is 4. The molecule has 0 unspecified atom stereocenters. The number of benzene rings is 1. The van der Waals surface area contributed by atoms with E-state index < -0.39 is 29.0 Å². The summed E-state index contributed by atoms with van der Waals surface area (Å²) in [6.07, 6.45) is -0.474. The van der Waals surface area contributed by atoms with Crippen molar-refractivity contribution in [2.45, 2.75) is 43.6 Å². The number of sulfone groups is 1. The fraction of sp³-hybridized carbons (Fsp3) is 0.500. The van der Waals surface area contributed by atoms with Gasteiger partial charge in [0.25, 0.3) is 6.43 Å². The van der Waals surface area contributed by atoms with E-state index in [-0.39, 0.29) is 11.9 Å². The van der Waals surface area contributed by atoms with Crippen LogP contribution in [0.5, 0.6) is 5.88 Å². The molecular formula is C22H26F2N4O5S. The first kappa shape index (κ1) is 24.1. The molecule has 12 heteroatoms. The third-order valence-electron chi connectivity index (χ3n) is 5.91. The number of likely N-dealkylation sites (tertiary alicyclic amines) is 1. The van der Waals surface area contributed by atoms with Gasteiger partial charge in [0.05, 0.1) is 10.6 Å². The van der Waals surface area contributed by atoms with Crippen LogP contribution < -0.4 is 9.64 Å². The number of carbonyl (C=O) groups is 1. The van der Waals surface area contributed by atoms with Gasteiger partial charge in [-0.1, -0.05) is 6.92 Å². The number of carbonyl (C=O) groups excluding carboxylic acids is 1. The number of alkyl halides is 2. The number of hydrogen-bond donors (Lipinski definition) is 0. The summed E-state index contributed by atoms with van der Waals surface area (Å²) in [6.45, 7) is 2.05. The minimum Gasteiger partial charge on any atom is -0.474 e. The van der Waals surface area contributed by atoms with Crippen LogP contribution in [-0.4, -0.2) is 73.9 Å². The van der Waals surface area contributed by atoms with Gasteiger partial charge in [-0.05, 0) is 30.2 Å². The van der Waals surface area contributed by atoms with Crippen molar-refractivity contribution >= 4 is 27.4 Å². The molecule has 34 heavy (non-hydrogen) atoms. The second kappa shape index (κ2) is 10.1. The van der Waals surface area contributed by atoms with Gasteiger partial charge in [-0.25, -0.2) is 32.0 Å². The lowest BCUT2D eigenvalue weighted by Crippen LogP contribution is -2.42. The Balaban J connectivity index is 1.38. The molecule has 0 bridgehead atoms. The maximum absolute atomic E-state index is 12.2. The van der Waals surface area contributed by atoms with Crippen molar-refractivity contribution in [2.24, 2.45) is 0 Å². The van der Waals surface area contributed by atoms with Crippen LogP contribution in [-0.2, 0) is 21.0 Å². The quantitative estimate of drug-likeness (QED) is 0.576. The molecule has 9 nitrogen and oxygen atoms in total. The molecule has 0 N–H and O–H groups in total. The van der Waals surface area contributed by atoms with Gasteiger partial charge < -0.3 is 19.3 Å². The first-order valence-electron chi connectivity index (χ1n) is 11.1. The predicted molar refractivity (Wildman–Crippen MR) is 119 cm³/mol. The Hall–Kier alpha value is -3.02. The molecule has 1 amide bonds. The van der Waals surface area contributed by atoms with Crippen LogP contribution in [0.1, 0.15) is 25.3 Å². The second-order valence-electron chi connectivity index (χ2n) is 8.08. The summed E-state index contributed by atoms with van der Waals surface area (Å²) in [5.41, 5.74) is 1.84. The molecule has 1 aromatic heterocycles. The molecule has 1 fully saturated rings. The number of piperidine rings is 1. The molecule has 2 aliphatic heterocycles. The number of anilines is 2. The van der Waals surface area contributed by atoms with Crippen molar-refractivity contribution in [2.75, 3.05) is 36.9 Å². The summed E-state index contributed by atoms with van der Waals surface area (Å²) in [7, 11) is -3.27.